The molecule has 3 nitrogen and oxygen atoms in total. The second-order valence-corrected chi connectivity index (χ2v) is 6.97. The molecule has 0 aromatic carbocycles. The zero-order chi connectivity index (χ0) is 13.9. The fraction of sp³-hybridized carbons (Fsp3) is 0.812. The van der Waals surface area contributed by atoms with Crippen LogP contribution >= 0.6 is 0 Å². The summed E-state index contributed by atoms with van der Waals surface area (Å²) < 4.78 is 5.97. The van der Waals surface area contributed by atoms with Gasteiger partial charge in [-0.1, -0.05) is 40.5 Å². The van der Waals surface area contributed by atoms with E-state index in [2.05, 4.69) is 38.0 Å². The maximum Gasteiger partial charge on any atom is 0.208 e. The quantitative estimate of drug-likeness (QED) is 0.870. The van der Waals surface area contributed by atoms with Crippen molar-refractivity contribution < 1.29 is 4.42 Å². The number of hydrogen-bond donors (Lipinski definition) is 1. The molecule has 1 fully saturated rings. The molecule has 1 aromatic rings. The highest BCUT2D eigenvalue weighted by Gasteiger charge is 2.35. The van der Waals surface area contributed by atoms with Crippen molar-refractivity contribution in [3.05, 3.63) is 17.8 Å². The molecule has 1 N–H and O–H groups in total. The van der Waals surface area contributed by atoms with Crippen molar-refractivity contribution >= 4 is 0 Å². The molecular weight excluding hydrogens is 236 g/mol. The van der Waals surface area contributed by atoms with E-state index in [1.165, 1.54) is 25.7 Å². The van der Waals surface area contributed by atoms with Gasteiger partial charge in [0.1, 0.15) is 5.76 Å². The van der Waals surface area contributed by atoms with Crippen LogP contribution in [0.4, 0.5) is 0 Å². The third-order valence-corrected chi connectivity index (χ3v) is 4.25. The van der Waals surface area contributed by atoms with Crippen molar-refractivity contribution in [2.75, 3.05) is 6.54 Å². The van der Waals surface area contributed by atoms with Gasteiger partial charge < -0.3 is 9.73 Å². The Labute approximate surface area is 117 Å². The minimum atomic E-state index is 0.348. The second kappa shape index (κ2) is 6.08. The standard InChI is InChI=1S/C16H28N2O/c1-12(2)9-17-11-15-18-10-14(19-15)13-7-5-6-8-16(13,3)4/h10,12-13,17H,5-9,11H2,1-4H3. The van der Waals surface area contributed by atoms with E-state index in [1.807, 2.05) is 6.20 Å². The van der Waals surface area contributed by atoms with E-state index < -0.39 is 0 Å². The molecule has 1 heterocycles. The molecule has 3 heteroatoms. The smallest absolute Gasteiger partial charge is 0.208 e. The van der Waals surface area contributed by atoms with Crippen molar-refractivity contribution in [2.45, 2.75) is 65.8 Å². The van der Waals surface area contributed by atoms with E-state index in [1.54, 1.807) is 0 Å². The fourth-order valence-electron chi connectivity index (χ4n) is 3.06. The number of rotatable bonds is 5. The summed E-state index contributed by atoms with van der Waals surface area (Å²) in [6.45, 7) is 10.9. The number of nitrogens with zero attached hydrogens (tertiary/aromatic N) is 1. The molecule has 0 bridgehead atoms. The van der Waals surface area contributed by atoms with Crippen LogP contribution in [0.25, 0.3) is 0 Å². The summed E-state index contributed by atoms with van der Waals surface area (Å²) in [5.74, 6) is 3.11. The first-order valence-corrected chi connectivity index (χ1v) is 7.64. The van der Waals surface area contributed by atoms with E-state index in [0.29, 0.717) is 17.3 Å². The molecule has 1 atom stereocenters. The molecule has 0 aliphatic heterocycles. The largest absolute Gasteiger partial charge is 0.444 e. The molecule has 108 valence electrons. The lowest BCUT2D eigenvalue weighted by Crippen LogP contribution is -2.25. The average molecular weight is 264 g/mol. The van der Waals surface area contributed by atoms with Crippen LogP contribution in [0.1, 0.15) is 70.9 Å². The molecule has 2 rings (SSSR count). The van der Waals surface area contributed by atoms with Gasteiger partial charge in [0, 0.05) is 5.92 Å². The van der Waals surface area contributed by atoms with Gasteiger partial charge in [-0.05, 0) is 30.7 Å². The highest BCUT2D eigenvalue weighted by Crippen LogP contribution is 2.46. The van der Waals surface area contributed by atoms with Crippen LogP contribution in [-0.4, -0.2) is 11.5 Å². The molecule has 0 saturated heterocycles. The first-order chi connectivity index (χ1) is 8.99. The molecule has 1 aromatic heterocycles. The highest BCUT2D eigenvalue weighted by molar-refractivity contribution is 5.08. The number of nitrogens with one attached hydrogen (secondary N) is 1. The van der Waals surface area contributed by atoms with Gasteiger partial charge in [0.25, 0.3) is 0 Å². The SMILES string of the molecule is CC(C)CNCc1ncc(C2CCCCC2(C)C)o1. The van der Waals surface area contributed by atoms with E-state index in [0.717, 1.165) is 24.7 Å². The maximum absolute atomic E-state index is 5.97. The van der Waals surface area contributed by atoms with Crippen LogP contribution in [-0.2, 0) is 6.54 Å². The Kier molecular flexibility index (Phi) is 4.67. The lowest BCUT2D eigenvalue weighted by molar-refractivity contribution is 0.176. The second-order valence-electron chi connectivity index (χ2n) is 6.97. The Morgan fingerprint density at radius 1 is 1.42 bits per heavy atom. The lowest BCUT2D eigenvalue weighted by Gasteiger charge is -2.37. The average Bonchev–Trinajstić information content (AvgIpc) is 2.76. The molecule has 0 amide bonds. The predicted molar refractivity (Wildman–Crippen MR) is 78.0 cm³/mol. The molecule has 1 aliphatic carbocycles. The summed E-state index contributed by atoms with van der Waals surface area (Å²) >= 11 is 0. The van der Waals surface area contributed by atoms with Gasteiger partial charge in [-0.3, -0.25) is 0 Å². The van der Waals surface area contributed by atoms with Gasteiger partial charge in [-0.2, -0.15) is 0 Å². The zero-order valence-electron chi connectivity index (χ0n) is 12.8. The predicted octanol–water partition coefficient (Wildman–Crippen LogP) is 4.10. The number of hydrogen-bond acceptors (Lipinski definition) is 3. The van der Waals surface area contributed by atoms with Crippen LogP contribution in [0.5, 0.6) is 0 Å². The summed E-state index contributed by atoms with van der Waals surface area (Å²) in [4.78, 5) is 4.42. The first kappa shape index (κ1) is 14.6. The highest BCUT2D eigenvalue weighted by atomic mass is 16.4. The molecule has 1 aliphatic rings. The fourth-order valence-corrected chi connectivity index (χ4v) is 3.06. The molecule has 19 heavy (non-hydrogen) atoms. The summed E-state index contributed by atoms with van der Waals surface area (Å²) in [5.41, 5.74) is 0.348. The van der Waals surface area contributed by atoms with E-state index >= 15 is 0 Å². The Hall–Kier alpha value is -0.830. The van der Waals surface area contributed by atoms with Crippen molar-refractivity contribution in [2.24, 2.45) is 11.3 Å². The molecule has 0 radical (unpaired) electrons. The van der Waals surface area contributed by atoms with Crippen LogP contribution in [0.15, 0.2) is 10.6 Å². The summed E-state index contributed by atoms with van der Waals surface area (Å²) in [6, 6.07) is 0. The van der Waals surface area contributed by atoms with E-state index in [4.69, 9.17) is 4.42 Å². The van der Waals surface area contributed by atoms with Gasteiger partial charge in [-0.25, -0.2) is 4.98 Å². The molecule has 1 unspecified atom stereocenters. The molecule has 0 spiro atoms. The van der Waals surface area contributed by atoms with Crippen molar-refractivity contribution in [1.29, 1.82) is 0 Å². The maximum atomic E-state index is 5.97. The van der Waals surface area contributed by atoms with Gasteiger partial charge in [-0.15, -0.1) is 0 Å². The Morgan fingerprint density at radius 2 is 2.21 bits per heavy atom. The number of aromatic nitrogens is 1. The molecular formula is C16H28N2O. The van der Waals surface area contributed by atoms with Crippen molar-refractivity contribution in [1.82, 2.24) is 10.3 Å². The van der Waals surface area contributed by atoms with E-state index in [9.17, 15) is 0 Å². The lowest BCUT2D eigenvalue weighted by atomic mass is 9.68. The Balaban J connectivity index is 1.96. The van der Waals surface area contributed by atoms with Gasteiger partial charge in [0.2, 0.25) is 5.89 Å². The Bertz CT molecular complexity index is 395. The summed E-state index contributed by atoms with van der Waals surface area (Å²) in [6.07, 6.45) is 7.14. The monoisotopic (exact) mass is 264 g/mol. The topological polar surface area (TPSA) is 38.1 Å². The van der Waals surface area contributed by atoms with Crippen LogP contribution in [0.2, 0.25) is 0 Å². The minimum absolute atomic E-state index is 0.348. The first-order valence-electron chi connectivity index (χ1n) is 7.64. The summed E-state index contributed by atoms with van der Waals surface area (Å²) in [7, 11) is 0. The number of oxazole rings is 1. The molecule has 1 saturated carbocycles. The third-order valence-electron chi connectivity index (χ3n) is 4.25. The zero-order valence-corrected chi connectivity index (χ0v) is 12.8. The third kappa shape index (κ3) is 3.82. The Morgan fingerprint density at radius 3 is 2.89 bits per heavy atom. The van der Waals surface area contributed by atoms with Gasteiger partial charge in [0.15, 0.2) is 0 Å². The normalized spacial score (nSPS) is 22.9. The van der Waals surface area contributed by atoms with E-state index in [-0.39, 0.29) is 0 Å². The summed E-state index contributed by atoms with van der Waals surface area (Å²) in [5, 5.41) is 3.38. The van der Waals surface area contributed by atoms with Crippen LogP contribution < -0.4 is 5.32 Å². The van der Waals surface area contributed by atoms with Crippen molar-refractivity contribution in [3.8, 4) is 0 Å². The van der Waals surface area contributed by atoms with Crippen LogP contribution in [0, 0.1) is 11.3 Å². The van der Waals surface area contributed by atoms with Gasteiger partial charge in [0.05, 0.1) is 12.7 Å². The van der Waals surface area contributed by atoms with Crippen molar-refractivity contribution in [3.63, 3.8) is 0 Å². The van der Waals surface area contributed by atoms with Gasteiger partial charge >= 0.3 is 0 Å². The minimum Gasteiger partial charge on any atom is -0.444 e. The van der Waals surface area contributed by atoms with Crippen LogP contribution in [0.3, 0.4) is 0 Å².